The molecule has 0 atom stereocenters. The topological polar surface area (TPSA) is 86.8 Å². The Morgan fingerprint density at radius 1 is 0.710 bits per heavy atom. The second-order valence-corrected chi connectivity index (χ2v) is 7.40. The standard InChI is InChI=1S/C23H24N4O4/c1-15-14-24-23(26-17-5-7-19-21(13-17)31-11-3-9-29-19)27-22(15)25-16-4-6-18-20(12-16)30-10-2-8-28-18/h4-7,12-14H,2-3,8-11H2,1H3,(H2,24,25,26,27). The van der Waals surface area contributed by atoms with Crippen molar-refractivity contribution in [1.82, 2.24) is 9.97 Å². The molecule has 0 spiro atoms. The molecule has 0 bridgehead atoms. The largest absolute Gasteiger partial charge is 0.490 e. The molecule has 0 radical (unpaired) electrons. The highest BCUT2D eigenvalue weighted by Crippen LogP contribution is 2.35. The summed E-state index contributed by atoms with van der Waals surface area (Å²) in [5.74, 6) is 4.17. The van der Waals surface area contributed by atoms with Crippen molar-refractivity contribution in [2.45, 2.75) is 19.8 Å². The molecule has 3 aromatic rings. The summed E-state index contributed by atoms with van der Waals surface area (Å²) in [6.07, 6.45) is 3.52. The fourth-order valence-electron chi connectivity index (χ4n) is 3.38. The number of hydrogen-bond acceptors (Lipinski definition) is 8. The van der Waals surface area contributed by atoms with Crippen LogP contribution in [-0.2, 0) is 0 Å². The van der Waals surface area contributed by atoms with E-state index < -0.39 is 0 Å². The molecular formula is C23H24N4O4. The number of rotatable bonds is 4. The molecule has 0 saturated heterocycles. The maximum absolute atomic E-state index is 5.78. The first-order valence-electron chi connectivity index (χ1n) is 10.4. The maximum atomic E-state index is 5.78. The fourth-order valence-corrected chi connectivity index (χ4v) is 3.38. The SMILES string of the molecule is Cc1cnc(Nc2ccc3c(c2)OCCCO3)nc1Nc1ccc2c(c1)OCCCO2. The van der Waals surface area contributed by atoms with E-state index in [-0.39, 0.29) is 0 Å². The molecule has 2 aliphatic heterocycles. The smallest absolute Gasteiger partial charge is 0.229 e. The highest BCUT2D eigenvalue weighted by atomic mass is 16.5. The lowest BCUT2D eigenvalue weighted by Gasteiger charge is -2.14. The van der Waals surface area contributed by atoms with Crippen LogP contribution >= 0.6 is 0 Å². The number of ether oxygens (including phenoxy) is 4. The monoisotopic (exact) mass is 420 g/mol. The summed E-state index contributed by atoms with van der Waals surface area (Å²) in [5.41, 5.74) is 2.62. The van der Waals surface area contributed by atoms with Gasteiger partial charge in [0.15, 0.2) is 23.0 Å². The summed E-state index contributed by atoms with van der Waals surface area (Å²) in [6.45, 7) is 4.58. The normalized spacial score (nSPS) is 14.9. The Hall–Kier alpha value is -3.68. The molecule has 0 fully saturated rings. The van der Waals surface area contributed by atoms with Crippen molar-refractivity contribution >= 4 is 23.1 Å². The Morgan fingerprint density at radius 3 is 1.87 bits per heavy atom. The Morgan fingerprint density at radius 2 is 1.26 bits per heavy atom. The van der Waals surface area contributed by atoms with Gasteiger partial charge in [0.25, 0.3) is 0 Å². The third-order valence-corrected chi connectivity index (χ3v) is 4.99. The van der Waals surface area contributed by atoms with Crippen LogP contribution in [0.5, 0.6) is 23.0 Å². The number of nitrogens with one attached hydrogen (secondary N) is 2. The van der Waals surface area contributed by atoms with E-state index in [9.17, 15) is 0 Å². The van der Waals surface area contributed by atoms with Crippen LogP contribution in [0.1, 0.15) is 18.4 Å². The lowest BCUT2D eigenvalue weighted by atomic mass is 10.2. The Labute approximate surface area is 180 Å². The van der Waals surface area contributed by atoms with E-state index in [2.05, 4.69) is 20.6 Å². The first-order valence-corrected chi connectivity index (χ1v) is 10.4. The van der Waals surface area contributed by atoms with Gasteiger partial charge in [-0.1, -0.05) is 0 Å². The Kier molecular flexibility index (Phi) is 5.35. The number of anilines is 4. The van der Waals surface area contributed by atoms with Gasteiger partial charge in [-0.25, -0.2) is 4.98 Å². The zero-order chi connectivity index (χ0) is 21.0. The number of benzene rings is 2. The molecule has 2 aromatic carbocycles. The fraction of sp³-hybridized carbons (Fsp3) is 0.304. The molecule has 2 N–H and O–H groups in total. The third kappa shape index (κ3) is 4.42. The number of nitrogens with zero attached hydrogens (tertiary/aromatic N) is 2. The number of hydrogen-bond donors (Lipinski definition) is 2. The minimum atomic E-state index is 0.483. The molecule has 160 valence electrons. The average molecular weight is 420 g/mol. The van der Waals surface area contributed by atoms with Crippen LogP contribution in [0.4, 0.5) is 23.1 Å². The predicted molar refractivity (Wildman–Crippen MR) is 117 cm³/mol. The van der Waals surface area contributed by atoms with E-state index >= 15 is 0 Å². The molecule has 0 unspecified atom stereocenters. The molecule has 1 aromatic heterocycles. The molecule has 2 aliphatic rings. The molecule has 0 amide bonds. The second kappa shape index (κ2) is 8.59. The summed E-state index contributed by atoms with van der Waals surface area (Å²) in [4.78, 5) is 9.06. The molecule has 0 saturated carbocycles. The van der Waals surface area contributed by atoms with Crippen molar-refractivity contribution in [3.63, 3.8) is 0 Å². The van der Waals surface area contributed by atoms with E-state index in [1.54, 1.807) is 6.20 Å². The first-order chi connectivity index (χ1) is 15.2. The van der Waals surface area contributed by atoms with Gasteiger partial charge < -0.3 is 29.6 Å². The number of aryl methyl sites for hydroxylation is 1. The number of fused-ring (bicyclic) bond motifs is 2. The minimum Gasteiger partial charge on any atom is -0.490 e. The van der Waals surface area contributed by atoms with Crippen LogP contribution in [0.25, 0.3) is 0 Å². The van der Waals surface area contributed by atoms with Gasteiger partial charge in [0, 0.05) is 48.1 Å². The van der Waals surface area contributed by atoms with Crippen molar-refractivity contribution in [2.24, 2.45) is 0 Å². The molecule has 8 nitrogen and oxygen atoms in total. The molecule has 8 heteroatoms. The maximum Gasteiger partial charge on any atom is 0.229 e. The van der Waals surface area contributed by atoms with Gasteiger partial charge in [-0.2, -0.15) is 4.98 Å². The summed E-state index contributed by atoms with van der Waals surface area (Å²) in [5, 5.41) is 6.60. The van der Waals surface area contributed by atoms with Gasteiger partial charge in [-0.05, 0) is 31.2 Å². The van der Waals surface area contributed by atoms with E-state index in [0.717, 1.165) is 52.8 Å². The molecule has 5 rings (SSSR count). The van der Waals surface area contributed by atoms with Crippen LogP contribution in [0.3, 0.4) is 0 Å². The van der Waals surface area contributed by atoms with Crippen LogP contribution in [0.2, 0.25) is 0 Å². The second-order valence-electron chi connectivity index (χ2n) is 7.40. The summed E-state index contributed by atoms with van der Waals surface area (Å²) < 4.78 is 22.9. The quantitative estimate of drug-likeness (QED) is 0.634. The summed E-state index contributed by atoms with van der Waals surface area (Å²) >= 11 is 0. The third-order valence-electron chi connectivity index (χ3n) is 4.99. The van der Waals surface area contributed by atoms with Gasteiger partial charge in [-0.15, -0.1) is 0 Å². The lowest BCUT2D eigenvalue weighted by molar-refractivity contribution is 0.296. The molecule has 3 heterocycles. The zero-order valence-corrected chi connectivity index (χ0v) is 17.3. The number of aromatic nitrogens is 2. The van der Waals surface area contributed by atoms with E-state index in [1.807, 2.05) is 43.3 Å². The van der Waals surface area contributed by atoms with Crippen molar-refractivity contribution in [1.29, 1.82) is 0 Å². The highest BCUT2D eigenvalue weighted by Gasteiger charge is 2.13. The van der Waals surface area contributed by atoms with Gasteiger partial charge in [0.05, 0.1) is 26.4 Å². The highest BCUT2D eigenvalue weighted by molar-refractivity contribution is 5.65. The Bertz CT molecular complexity index is 1090. The van der Waals surface area contributed by atoms with Gasteiger partial charge >= 0.3 is 0 Å². The molecular weight excluding hydrogens is 396 g/mol. The molecule has 0 aliphatic carbocycles. The lowest BCUT2D eigenvalue weighted by Crippen LogP contribution is -2.03. The van der Waals surface area contributed by atoms with E-state index in [0.29, 0.717) is 38.2 Å². The minimum absolute atomic E-state index is 0.483. The van der Waals surface area contributed by atoms with Crippen molar-refractivity contribution in [3.8, 4) is 23.0 Å². The predicted octanol–water partition coefficient (Wildman–Crippen LogP) is 4.59. The van der Waals surface area contributed by atoms with Crippen molar-refractivity contribution in [2.75, 3.05) is 37.1 Å². The summed E-state index contributed by atoms with van der Waals surface area (Å²) in [7, 11) is 0. The first kappa shape index (κ1) is 19.3. The van der Waals surface area contributed by atoms with Gasteiger partial charge in [0.2, 0.25) is 5.95 Å². The summed E-state index contributed by atoms with van der Waals surface area (Å²) in [6, 6.07) is 11.5. The van der Waals surface area contributed by atoms with Crippen LogP contribution in [0.15, 0.2) is 42.6 Å². The van der Waals surface area contributed by atoms with Crippen molar-refractivity contribution < 1.29 is 18.9 Å². The van der Waals surface area contributed by atoms with Crippen LogP contribution in [-0.4, -0.2) is 36.4 Å². The van der Waals surface area contributed by atoms with Crippen LogP contribution < -0.4 is 29.6 Å². The van der Waals surface area contributed by atoms with Gasteiger partial charge in [0.1, 0.15) is 5.82 Å². The molecule has 31 heavy (non-hydrogen) atoms. The Balaban J connectivity index is 1.35. The van der Waals surface area contributed by atoms with E-state index in [1.165, 1.54) is 0 Å². The van der Waals surface area contributed by atoms with Gasteiger partial charge in [-0.3, -0.25) is 0 Å². The average Bonchev–Trinajstić information content (AvgIpc) is 3.16. The van der Waals surface area contributed by atoms with Crippen molar-refractivity contribution in [3.05, 3.63) is 48.2 Å². The zero-order valence-electron chi connectivity index (χ0n) is 17.3. The van der Waals surface area contributed by atoms with Crippen LogP contribution in [0, 0.1) is 6.92 Å². The van der Waals surface area contributed by atoms with E-state index in [4.69, 9.17) is 18.9 Å².